The van der Waals surface area contributed by atoms with Gasteiger partial charge >= 0.3 is 0 Å². The monoisotopic (exact) mass is 266 g/mol. The molecule has 0 bridgehead atoms. The molecule has 0 radical (unpaired) electrons. The molecule has 0 amide bonds. The van der Waals surface area contributed by atoms with Crippen LogP contribution in [0.15, 0.2) is 24.3 Å². The Morgan fingerprint density at radius 3 is 2.32 bits per heavy atom. The highest BCUT2D eigenvalue weighted by Gasteiger charge is 2.15. The molecule has 0 saturated heterocycles. The van der Waals surface area contributed by atoms with E-state index in [-0.39, 0.29) is 5.60 Å². The van der Waals surface area contributed by atoms with Gasteiger partial charge < -0.3 is 14.2 Å². The van der Waals surface area contributed by atoms with E-state index in [2.05, 4.69) is 32.9 Å². The quantitative estimate of drug-likeness (QED) is 0.639. The average molecular weight is 266 g/mol. The molecule has 1 aromatic rings. The van der Waals surface area contributed by atoms with Crippen LogP contribution >= 0.6 is 0 Å². The highest BCUT2D eigenvalue weighted by atomic mass is 16.5. The van der Waals surface area contributed by atoms with Crippen molar-refractivity contribution in [3.8, 4) is 5.75 Å². The lowest BCUT2D eigenvalue weighted by molar-refractivity contribution is -0.0107. The van der Waals surface area contributed by atoms with E-state index >= 15 is 0 Å². The molecule has 1 aromatic carbocycles. The second-order valence-corrected chi connectivity index (χ2v) is 5.34. The SMILES string of the molecule is COC(C)(C)CCOCCCOc1ccc(C)cc1. The van der Waals surface area contributed by atoms with Crippen LogP contribution in [0, 0.1) is 6.92 Å². The Morgan fingerprint density at radius 2 is 1.68 bits per heavy atom. The third-order valence-corrected chi connectivity index (χ3v) is 3.12. The first-order valence-corrected chi connectivity index (χ1v) is 6.86. The molecular weight excluding hydrogens is 240 g/mol. The van der Waals surface area contributed by atoms with Crippen LogP contribution in [0.1, 0.15) is 32.3 Å². The molecule has 0 atom stereocenters. The van der Waals surface area contributed by atoms with Gasteiger partial charge in [0.2, 0.25) is 0 Å². The summed E-state index contributed by atoms with van der Waals surface area (Å²) in [7, 11) is 1.73. The Balaban J connectivity index is 2.01. The predicted molar refractivity (Wildman–Crippen MR) is 77.8 cm³/mol. The smallest absolute Gasteiger partial charge is 0.119 e. The Kier molecular flexibility index (Phi) is 6.89. The molecule has 0 heterocycles. The van der Waals surface area contributed by atoms with Gasteiger partial charge in [-0.3, -0.25) is 0 Å². The largest absolute Gasteiger partial charge is 0.494 e. The van der Waals surface area contributed by atoms with Crippen LogP contribution in [0.4, 0.5) is 0 Å². The minimum absolute atomic E-state index is 0.0988. The van der Waals surface area contributed by atoms with E-state index in [0.29, 0.717) is 6.61 Å². The van der Waals surface area contributed by atoms with Crippen molar-refractivity contribution in [2.24, 2.45) is 0 Å². The van der Waals surface area contributed by atoms with Crippen LogP contribution < -0.4 is 4.74 Å². The third kappa shape index (κ3) is 7.19. The first kappa shape index (κ1) is 16.0. The number of hydrogen-bond donors (Lipinski definition) is 0. The van der Waals surface area contributed by atoms with Crippen LogP contribution in [0.5, 0.6) is 5.75 Å². The third-order valence-electron chi connectivity index (χ3n) is 3.12. The minimum Gasteiger partial charge on any atom is -0.494 e. The summed E-state index contributed by atoms with van der Waals surface area (Å²) >= 11 is 0. The maximum Gasteiger partial charge on any atom is 0.119 e. The van der Waals surface area contributed by atoms with Crippen molar-refractivity contribution >= 4 is 0 Å². The van der Waals surface area contributed by atoms with Gasteiger partial charge in [0.05, 0.1) is 12.2 Å². The van der Waals surface area contributed by atoms with Crippen molar-refractivity contribution in [3.05, 3.63) is 29.8 Å². The van der Waals surface area contributed by atoms with Crippen molar-refractivity contribution in [1.82, 2.24) is 0 Å². The Labute approximate surface area is 116 Å². The van der Waals surface area contributed by atoms with Gasteiger partial charge in [-0.05, 0) is 39.3 Å². The molecule has 0 N–H and O–H groups in total. The molecule has 0 aliphatic rings. The zero-order valence-corrected chi connectivity index (χ0v) is 12.6. The van der Waals surface area contributed by atoms with Crippen LogP contribution in [0.25, 0.3) is 0 Å². The van der Waals surface area contributed by atoms with E-state index in [1.165, 1.54) is 5.56 Å². The maximum absolute atomic E-state index is 5.62. The van der Waals surface area contributed by atoms with Gasteiger partial charge in [-0.15, -0.1) is 0 Å². The van der Waals surface area contributed by atoms with Crippen molar-refractivity contribution in [1.29, 1.82) is 0 Å². The average Bonchev–Trinajstić information content (AvgIpc) is 2.40. The summed E-state index contributed by atoms with van der Waals surface area (Å²) in [6.07, 6.45) is 1.81. The summed E-state index contributed by atoms with van der Waals surface area (Å²) < 4.78 is 16.5. The molecule has 1 rings (SSSR count). The maximum atomic E-state index is 5.62. The summed E-state index contributed by atoms with van der Waals surface area (Å²) in [5.41, 5.74) is 1.15. The fraction of sp³-hybridized carbons (Fsp3) is 0.625. The van der Waals surface area contributed by atoms with Crippen LogP contribution in [0.2, 0.25) is 0 Å². The van der Waals surface area contributed by atoms with Crippen LogP contribution in [0.3, 0.4) is 0 Å². The second-order valence-electron chi connectivity index (χ2n) is 5.34. The molecule has 3 heteroatoms. The molecule has 3 nitrogen and oxygen atoms in total. The molecule has 0 fully saturated rings. The predicted octanol–water partition coefficient (Wildman–Crippen LogP) is 3.60. The molecule has 0 spiro atoms. The number of aryl methyl sites for hydroxylation is 1. The van der Waals surface area contributed by atoms with Crippen LogP contribution in [-0.4, -0.2) is 32.5 Å². The molecule has 108 valence electrons. The van der Waals surface area contributed by atoms with E-state index in [1.807, 2.05) is 12.1 Å². The van der Waals surface area contributed by atoms with Gasteiger partial charge in [-0.2, -0.15) is 0 Å². The first-order chi connectivity index (χ1) is 9.03. The molecular formula is C16H26O3. The van der Waals surface area contributed by atoms with Gasteiger partial charge in [0.15, 0.2) is 0 Å². The first-order valence-electron chi connectivity index (χ1n) is 6.86. The van der Waals surface area contributed by atoms with E-state index < -0.39 is 0 Å². The van der Waals surface area contributed by atoms with E-state index in [1.54, 1.807) is 7.11 Å². The fourth-order valence-corrected chi connectivity index (χ4v) is 1.51. The van der Waals surface area contributed by atoms with Gasteiger partial charge in [-0.1, -0.05) is 17.7 Å². The fourth-order valence-electron chi connectivity index (χ4n) is 1.51. The number of benzene rings is 1. The Morgan fingerprint density at radius 1 is 1.00 bits per heavy atom. The zero-order valence-electron chi connectivity index (χ0n) is 12.6. The summed E-state index contributed by atoms with van der Waals surface area (Å²) in [4.78, 5) is 0. The lowest BCUT2D eigenvalue weighted by Gasteiger charge is -2.22. The number of methoxy groups -OCH3 is 1. The van der Waals surface area contributed by atoms with Crippen molar-refractivity contribution < 1.29 is 14.2 Å². The zero-order chi connectivity index (χ0) is 14.1. The number of hydrogen-bond acceptors (Lipinski definition) is 3. The molecule has 0 unspecified atom stereocenters. The molecule has 0 aliphatic carbocycles. The summed E-state index contributed by atoms with van der Waals surface area (Å²) in [5, 5.41) is 0. The lowest BCUT2D eigenvalue weighted by Crippen LogP contribution is -2.24. The lowest BCUT2D eigenvalue weighted by atomic mass is 10.1. The highest BCUT2D eigenvalue weighted by molar-refractivity contribution is 5.26. The molecule has 0 saturated carbocycles. The van der Waals surface area contributed by atoms with Gasteiger partial charge in [0.25, 0.3) is 0 Å². The summed E-state index contributed by atoms with van der Waals surface area (Å²) in [6, 6.07) is 8.10. The number of rotatable bonds is 9. The van der Waals surface area contributed by atoms with Gasteiger partial charge in [0, 0.05) is 26.7 Å². The van der Waals surface area contributed by atoms with Crippen molar-refractivity contribution in [2.45, 2.75) is 39.2 Å². The molecule has 19 heavy (non-hydrogen) atoms. The summed E-state index contributed by atoms with van der Waals surface area (Å²) in [5.74, 6) is 0.922. The van der Waals surface area contributed by atoms with E-state index in [4.69, 9.17) is 14.2 Å². The normalized spacial score (nSPS) is 11.6. The summed E-state index contributed by atoms with van der Waals surface area (Å²) in [6.45, 7) is 8.35. The van der Waals surface area contributed by atoms with Crippen molar-refractivity contribution in [2.75, 3.05) is 26.9 Å². The molecule has 0 aliphatic heterocycles. The van der Waals surface area contributed by atoms with E-state index in [9.17, 15) is 0 Å². The van der Waals surface area contributed by atoms with Gasteiger partial charge in [-0.25, -0.2) is 0 Å². The Bertz CT molecular complexity index is 344. The van der Waals surface area contributed by atoms with E-state index in [0.717, 1.165) is 31.8 Å². The topological polar surface area (TPSA) is 27.7 Å². The standard InChI is InChI=1S/C16H26O3/c1-14-6-8-15(9-7-14)19-12-5-11-18-13-10-16(2,3)17-4/h6-9H,5,10-13H2,1-4H3. The molecule has 0 aromatic heterocycles. The minimum atomic E-state index is -0.0988. The highest BCUT2D eigenvalue weighted by Crippen LogP contribution is 2.13. The second kappa shape index (κ2) is 8.18. The van der Waals surface area contributed by atoms with Gasteiger partial charge in [0.1, 0.15) is 5.75 Å². The van der Waals surface area contributed by atoms with Crippen LogP contribution in [-0.2, 0) is 9.47 Å². The number of ether oxygens (including phenoxy) is 3. The van der Waals surface area contributed by atoms with Crippen molar-refractivity contribution in [3.63, 3.8) is 0 Å². The Hall–Kier alpha value is -1.06.